The Labute approximate surface area is 198 Å². The van der Waals surface area contributed by atoms with Crippen molar-refractivity contribution in [2.75, 3.05) is 0 Å². The molecule has 1 aliphatic heterocycles. The van der Waals surface area contributed by atoms with E-state index in [1.807, 2.05) is 93.6 Å². The Bertz CT molecular complexity index is 1180. The molecule has 1 fully saturated rings. The molecule has 1 aliphatic rings. The van der Waals surface area contributed by atoms with E-state index in [4.69, 9.17) is 12.2 Å². The fourth-order valence-corrected chi connectivity index (χ4v) is 5.17. The summed E-state index contributed by atoms with van der Waals surface area (Å²) in [6, 6.07) is 23.3. The fraction of sp³-hybridized carbons (Fsp3) is 0.185. The zero-order valence-electron chi connectivity index (χ0n) is 18.3. The number of aryl methyl sites for hydroxylation is 3. The predicted octanol–water partition coefficient (Wildman–Crippen LogP) is 6.06. The van der Waals surface area contributed by atoms with Gasteiger partial charge in [0.25, 0.3) is 0 Å². The number of hydrogen-bond donors (Lipinski definition) is 1. The van der Waals surface area contributed by atoms with Gasteiger partial charge in [0.1, 0.15) is 4.32 Å². The smallest absolute Gasteiger partial charge is 0.199 e. The molecule has 32 heavy (non-hydrogen) atoms. The van der Waals surface area contributed by atoms with Crippen molar-refractivity contribution in [1.82, 2.24) is 4.90 Å². The van der Waals surface area contributed by atoms with Crippen molar-refractivity contribution in [3.63, 3.8) is 0 Å². The Morgan fingerprint density at radius 2 is 1.41 bits per heavy atom. The van der Waals surface area contributed by atoms with Gasteiger partial charge in [-0.1, -0.05) is 113 Å². The second kappa shape index (κ2) is 9.02. The highest BCUT2D eigenvalue weighted by Crippen LogP contribution is 2.49. The highest BCUT2D eigenvalue weighted by atomic mass is 32.2. The summed E-state index contributed by atoms with van der Waals surface area (Å²) in [7, 11) is 0. The molecule has 5 heteroatoms. The van der Waals surface area contributed by atoms with Gasteiger partial charge in [-0.2, -0.15) is 0 Å². The molecule has 162 valence electrons. The molecule has 1 atom stereocenters. The van der Waals surface area contributed by atoms with E-state index in [0.29, 0.717) is 26.9 Å². The summed E-state index contributed by atoms with van der Waals surface area (Å²) in [6.45, 7) is 6.47. The first kappa shape index (κ1) is 22.5. The van der Waals surface area contributed by atoms with Crippen molar-refractivity contribution in [2.45, 2.75) is 33.0 Å². The molecule has 1 saturated heterocycles. The van der Waals surface area contributed by atoms with Gasteiger partial charge in [0, 0.05) is 23.7 Å². The molecule has 3 aromatic rings. The van der Waals surface area contributed by atoms with Crippen LogP contribution < -0.4 is 0 Å². The van der Waals surface area contributed by atoms with Crippen LogP contribution in [0.4, 0.5) is 0 Å². The molecule has 3 aromatic carbocycles. The lowest BCUT2D eigenvalue weighted by atomic mass is 9.97. The highest BCUT2D eigenvalue weighted by Gasteiger charge is 2.48. The number of carbonyl (C=O) groups excluding carboxylic acids is 1. The van der Waals surface area contributed by atoms with Gasteiger partial charge < -0.3 is 10.0 Å². The number of aliphatic hydroxyl groups is 1. The van der Waals surface area contributed by atoms with Crippen molar-refractivity contribution in [2.24, 2.45) is 0 Å². The second-order valence-corrected chi connectivity index (χ2v) is 9.89. The Morgan fingerprint density at radius 3 is 1.97 bits per heavy atom. The van der Waals surface area contributed by atoms with Crippen molar-refractivity contribution < 1.29 is 9.90 Å². The third-order valence-corrected chi connectivity index (χ3v) is 7.15. The largest absolute Gasteiger partial charge is 0.363 e. The van der Waals surface area contributed by atoms with Crippen LogP contribution in [0, 0.1) is 20.8 Å². The van der Waals surface area contributed by atoms with E-state index in [9.17, 15) is 9.90 Å². The van der Waals surface area contributed by atoms with E-state index in [0.717, 1.165) is 16.7 Å². The molecule has 0 amide bonds. The summed E-state index contributed by atoms with van der Waals surface area (Å²) >= 11 is 6.96. The summed E-state index contributed by atoms with van der Waals surface area (Å²) in [4.78, 5) is 15.4. The van der Waals surface area contributed by atoms with Crippen LogP contribution in [0.1, 0.15) is 38.2 Å². The maximum absolute atomic E-state index is 13.0. The van der Waals surface area contributed by atoms with Crippen LogP contribution in [-0.2, 0) is 12.3 Å². The van der Waals surface area contributed by atoms with Crippen LogP contribution in [-0.4, -0.2) is 20.1 Å². The molecular weight excluding hydrogens is 434 g/mol. The number of ketones is 1. The molecule has 4 rings (SSSR count). The quantitative estimate of drug-likeness (QED) is 0.285. The first-order chi connectivity index (χ1) is 15.3. The SMILES string of the molecule is Cc1ccc(CN2C(=S)S/C(=C/C(=O)c3ccc(C)cc3)C2(O)c2ccc(C)cc2)cc1. The van der Waals surface area contributed by atoms with E-state index in [1.54, 1.807) is 4.90 Å². The Hall–Kier alpha value is -2.73. The number of allylic oxidation sites excluding steroid dienone is 1. The minimum absolute atomic E-state index is 0.155. The summed E-state index contributed by atoms with van der Waals surface area (Å²) in [5.74, 6) is -0.155. The van der Waals surface area contributed by atoms with E-state index in [1.165, 1.54) is 23.4 Å². The first-order valence-electron chi connectivity index (χ1n) is 10.4. The van der Waals surface area contributed by atoms with Gasteiger partial charge in [-0.05, 0) is 26.3 Å². The van der Waals surface area contributed by atoms with Crippen molar-refractivity contribution in [3.8, 4) is 0 Å². The second-order valence-electron chi connectivity index (χ2n) is 8.22. The number of thioether (sulfide) groups is 1. The number of hydrogen-bond acceptors (Lipinski definition) is 4. The zero-order valence-corrected chi connectivity index (χ0v) is 20.0. The maximum atomic E-state index is 13.0. The number of carbonyl (C=O) groups is 1. The molecular formula is C27H25NO2S2. The van der Waals surface area contributed by atoms with E-state index >= 15 is 0 Å². The van der Waals surface area contributed by atoms with Crippen LogP contribution in [0.5, 0.6) is 0 Å². The van der Waals surface area contributed by atoms with Gasteiger partial charge in [-0.3, -0.25) is 4.79 Å². The molecule has 1 N–H and O–H groups in total. The fourth-order valence-electron chi connectivity index (χ4n) is 3.67. The summed E-state index contributed by atoms with van der Waals surface area (Å²) in [5, 5.41) is 12.1. The number of nitrogens with zero attached hydrogens (tertiary/aromatic N) is 1. The number of rotatable bonds is 5. The van der Waals surface area contributed by atoms with Crippen molar-refractivity contribution in [3.05, 3.63) is 117 Å². The minimum Gasteiger partial charge on any atom is -0.363 e. The summed E-state index contributed by atoms with van der Waals surface area (Å²) in [5.41, 5.74) is 4.15. The van der Waals surface area contributed by atoms with Gasteiger partial charge in [0.05, 0.1) is 4.91 Å². The van der Waals surface area contributed by atoms with Crippen LogP contribution in [0.2, 0.25) is 0 Å². The molecule has 0 aliphatic carbocycles. The van der Waals surface area contributed by atoms with Crippen LogP contribution in [0.3, 0.4) is 0 Å². The Morgan fingerprint density at radius 1 is 0.906 bits per heavy atom. The van der Waals surface area contributed by atoms with Gasteiger partial charge in [-0.25, -0.2) is 0 Å². The van der Waals surface area contributed by atoms with E-state index in [-0.39, 0.29) is 5.78 Å². The Balaban J connectivity index is 1.77. The lowest BCUT2D eigenvalue weighted by Crippen LogP contribution is -2.43. The third kappa shape index (κ3) is 4.42. The highest BCUT2D eigenvalue weighted by molar-refractivity contribution is 8.25. The van der Waals surface area contributed by atoms with Gasteiger partial charge in [0.2, 0.25) is 0 Å². The first-order valence-corrected chi connectivity index (χ1v) is 11.7. The lowest BCUT2D eigenvalue weighted by molar-refractivity contribution is -0.0314. The van der Waals surface area contributed by atoms with E-state index < -0.39 is 5.72 Å². The Kier molecular flexibility index (Phi) is 6.33. The average molecular weight is 460 g/mol. The normalized spacial score (nSPS) is 19.6. The molecule has 0 radical (unpaired) electrons. The molecule has 1 unspecified atom stereocenters. The lowest BCUT2D eigenvalue weighted by Gasteiger charge is -2.35. The van der Waals surface area contributed by atoms with Crippen LogP contribution >= 0.6 is 24.0 Å². The molecule has 0 saturated carbocycles. The number of benzene rings is 3. The molecule has 3 nitrogen and oxygen atoms in total. The van der Waals surface area contributed by atoms with Gasteiger partial charge in [-0.15, -0.1) is 0 Å². The average Bonchev–Trinajstić information content (AvgIpc) is 3.01. The zero-order chi connectivity index (χ0) is 22.9. The van der Waals surface area contributed by atoms with Crippen molar-refractivity contribution >= 4 is 34.1 Å². The molecule has 0 aromatic heterocycles. The maximum Gasteiger partial charge on any atom is 0.199 e. The molecule has 0 bridgehead atoms. The summed E-state index contributed by atoms with van der Waals surface area (Å²) < 4.78 is 0.539. The minimum atomic E-state index is -1.51. The van der Waals surface area contributed by atoms with Gasteiger partial charge >= 0.3 is 0 Å². The topological polar surface area (TPSA) is 40.5 Å². The summed E-state index contributed by atoms with van der Waals surface area (Å²) in [6.07, 6.45) is 1.52. The van der Waals surface area contributed by atoms with Crippen LogP contribution in [0.25, 0.3) is 0 Å². The molecule has 0 spiro atoms. The predicted molar refractivity (Wildman–Crippen MR) is 136 cm³/mol. The third-order valence-electron chi connectivity index (χ3n) is 5.67. The monoisotopic (exact) mass is 459 g/mol. The molecule has 1 heterocycles. The standard InChI is InChI=1S/C27H25NO2S2/c1-18-4-10-21(11-5-18)17-28-26(31)32-25(16-24(29)22-12-6-19(2)7-13-22)27(28,30)23-14-8-20(3)9-15-23/h4-16,30H,17H2,1-3H3/b25-16+. The van der Waals surface area contributed by atoms with Crippen molar-refractivity contribution in [1.29, 1.82) is 0 Å². The van der Waals surface area contributed by atoms with E-state index in [2.05, 4.69) is 0 Å². The number of thiocarbonyl (C=S) groups is 1. The van der Waals surface area contributed by atoms with Gasteiger partial charge in [0.15, 0.2) is 11.5 Å². The van der Waals surface area contributed by atoms with Crippen LogP contribution in [0.15, 0.2) is 83.8 Å².